The summed E-state index contributed by atoms with van der Waals surface area (Å²) in [6.07, 6.45) is -1.96. The van der Waals surface area contributed by atoms with Gasteiger partial charge in [-0.1, -0.05) is 0 Å². The number of alkyl halides is 3. The van der Waals surface area contributed by atoms with E-state index < -0.39 is 12.5 Å². The van der Waals surface area contributed by atoms with E-state index in [1.54, 1.807) is 4.90 Å². The molecule has 1 rings (SSSR count). The van der Waals surface area contributed by atoms with Gasteiger partial charge in [0.1, 0.15) is 0 Å². The van der Waals surface area contributed by atoms with Gasteiger partial charge in [-0.15, -0.1) is 11.6 Å². The lowest BCUT2D eigenvalue weighted by Gasteiger charge is -2.33. The minimum absolute atomic E-state index is 0.284. The van der Waals surface area contributed by atoms with Crippen molar-refractivity contribution >= 4 is 11.6 Å². The summed E-state index contributed by atoms with van der Waals surface area (Å²) in [6.45, 7) is 2.27. The van der Waals surface area contributed by atoms with Crippen LogP contribution in [0, 0.1) is 0 Å². The number of nitrogens with zero attached hydrogens (tertiary/aromatic N) is 1. The second-order valence-electron chi connectivity index (χ2n) is 3.03. The van der Waals surface area contributed by atoms with Gasteiger partial charge in [-0.3, -0.25) is 4.90 Å². The molecule has 13 heavy (non-hydrogen) atoms. The van der Waals surface area contributed by atoms with Gasteiger partial charge >= 0.3 is 0 Å². The topological polar surface area (TPSA) is 12.5 Å². The summed E-state index contributed by atoms with van der Waals surface area (Å²) >= 11 is 5.47. The number of hydrogen-bond acceptors (Lipinski definition) is 2. The van der Waals surface area contributed by atoms with E-state index in [1.807, 2.05) is 0 Å². The average Bonchev–Trinajstić information content (AvgIpc) is 2.15. The molecule has 1 aliphatic rings. The molecule has 0 aliphatic carbocycles. The van der Waals surface area contributed by atoms with Gasteiger partial charge in [-0.05, 0) is 6.42 Å². The Labute approximate surface area is 81.8 Å². The second kappa shape index (κ2) is 5.73. The fourth-order valence-electron chi connectivity index (χ4n) is 1.49. The lowest BCUT2D eigenvalue weighted by Crippen LogP contribution is -2.47. The maximum atomic E-state index is 12.5. The Kier molecular flexibility index (Phi) is 4.91. The number of rotatable bonds is 4. The number of hydrogen-bond donors (Lipinski definition) is 0. The molecule has 1 unspecified atom stereocenters. The van der Waals surface area contributed by atoms with Gasteiger partial charge in [-0.2, -0.15) is 0 Å². The van der Waals surface area contributed by atoms with Crippen molar-refractivity contribution in [2.45, 2.75) is 18.9 Å². The van der Waals surface area contributed by atoms with E-state index >= 15 is 0 Å². The Morgan fingerprint density at radius 3 is 2.38 bits per heavy atom. The minimum Gasteiger partial charge on any atom is -0.379 e. The third kappa shape index (κ3) is 3.37. The van der Waals surface area contributed by atoms with Crippen LogP contribution in [0.1, 0.15) is 6.42 Å². The van der Waals surface area contributed by atoms with Crippen LogP contribution in [0.15, 0.2) is 0 Å². The van der Waals surface area contributed by atoms with Crippen LogP contribution in [0.25, 0.3) is 0 Å². The smallest absolute Gasteiger partial charge is 0.253 e. The van der Waals surface area contributed by atoms with E-state index in [-0.39, 0.29) is 5.88 Å². The first-order valence-electron chi connectivity index (χ1n) is 4.41. The number of morpholine rings is 1. The highest BCUT2D eigenvalue weighted by Crippen LogP contribution is 2.15. The Hall–Kier alpha value is 0.0700. The molecule has 0 N–H and O–H groups in total. The monoisotopic (exact) mass is 213 g/mol. The molecule has 1 saturated heterocycles. The van der Waals surface area contributed by atoms with Gasteiger partial charge in [0, 0.05) is 19.0 Å². The highest BCUT2D eigenvalue weighted by atomic mass is 35.5. The van der Waals surface area contributed by atoms with Crippen molar-refractivity contribution in [3.63, 3.8) is 0 Å². The SMILES string of the molecule is FC(F)C(CCCl)N1CCOCC1. The third-order valence-corrected chi connectivity index (χ3v) is 2.43. The van der Waals surface area contributed by atoms with Gasteiger partial charge in [0.25, 0.3) is 6.43 Å². The first kappa shape index (κ1) is 11.1. The van der Waals surface area contributed by atoms with Crippen molar-refractivity contribution in [2.24, 2.45) is 0 Å². The molecule has 1 aliphatic heterocycles. The van der Waals surface area contributed by atoms with Crippen LogP contribution < -0.4 is 0 Å². The minimum atomic E-state index is -2.31. The first-order valence-corrected chi connectivity index (χ1v) is 4.95. The number of halogens is 3. The van der Waals surface area contributed by atoms with Crippen molar-refractivity contribution in [1.82, 2.24) is 4.90 Å². The predicted molar refractivity (Wildman–Crippen MR) is 47.5 cm³/mol. The molecule has 0 aromatic rings. The number of ether oxygens (including phenoxy) is 1. The molecule has 0 spiro atoms. The maximum absolute atomic E-state index is 12.5. The van der Waals surface area contributed by atoms with Crippen molar-refractivity contribution < 1.29 is 13.5 Å². The zero-order chi connectivity index (χ0) is 9.68. The molecular formula is C8H14ClF2NO. The molecule has 0 saturated carbocycles. The summed E-state index contributed by atoms with van der Waals surface area (Å²) < 4.78 is 30.1. The van der Waals surface area contributed by atoms with E-state index in [4.69, 9.17) is 16.3 Å². The summed E-state index contributed by atoms with van der Waals surface area (Å²) in [5, 5.41) is 0. The Bertz CT molecular complexity index is 142. The van der Waals surface area contributed by atoms with E-state index in [2.05, 4.69) is 0 Å². The molecule has 0 amide bonds. The molecule has 78 valence electrons. The van der Waals surface area contributed by atoms with Crippen LogP contribution in [-0.2, 0) is 4.74 Å². The van der Waals surface area contributed by atoms with Crippen LogP contribution in [0.4, 0.5) is 8.78 Å². The second-order valence-corrected chi connectivity index (χ2v) is 3.41. The average molecular weight is 214 g/mol. The van der Waals surface area contributed by atoms with Crippen LogP contribution in [0.3, 0.4) is 0 Å². The largest absolute Gasteiger partial charge is 0.379 e. The van der Waals surface area contributed by atoms with Crippen molar-refractivity contribution in [2.75, 3.05) is 32.2 Å². The highest BCUT2D eigenvalue weighted by molar-refractivity contribution is 6.17. The fourth-order valence-corrected chi connectivity index (χ4v) is 1.71. The summed E-state index contributed by atoms with van der Waals surface area (Å²) in [5.41, 5.74) is 0. The van der Waals surface area contributed by atoms with Crippen LogP contribution in [0.2, 0.25) is 0 Å². The van der Waals surface area contributed by atoms with Gasteiger partial charge in [-0.25, -0.2) is 8.78 Å². The van der Waals surface area contributed by atoms with Crippen LogP contribution in [0.5, 0.6) is 0 Å². The quantitative estimate of drug-likeness (QED) is 0.658. The van der Waals surface area contributed by atoms with Crippen molar-refractivity contribution in [3.05, 3.63) is 0 Å². The molecule has 0 radical (unpaired) electrons. The normalized spacial score (nSPS) is 22.2. The fraction of sp³-hybridized carbons (Fsp3) is 1.00. The maximum Gasteiger partial charge on any atom is 0.253 e. The van der Waals surface area contributed by atoms with E-state index in [9.17, 15) is 8.78 Å². The molecule has 5 heteroatoms. The van der Waals surface area contributed by atoms with Gasteiger partial charge in [0.05, 0.1) is 19.3 Å². The van der Waals surface area contributed by atoms with Crippen LogP contribution in [-0.4, -0.2) is 49.6 Å². The standard InChI is InChI=1S/C8H14ClF2NO/c9-2-1-7(8(10)11)12-3-5-13-6-4-12/h7-8H,1-6H2. The van der Waals surface area contributed by atoms with E-state index in [0.717, 1.165) is 0 Å². The molecule has 0 aromatic heterocycles. The third-order valence-electron chi connectivity index (χ3n) is 2.21. The Balaban J connectivity index is 2.41. The molecule has 0 aromatic carbocycles. The molecule has 1 heterocycles. The molecule has 1 atom stereocenters. The molecular weight excluding hydrogens is 200 g/mol. The van der Waals surface area contributed by atoms with Crippen molar-refractivity contribution in [3.8, 4) is 0 Å². The summed E-state index contributed by atoms with van der Waals surface area (Å²) in [6, 6.07) is -0.693. The summed E-state index contributed by atoms with van der Waals surface area (Å²) in [4.78, 5) is 1.76. The molecule has 1 fully saturated rings. The van der Waals surface area contributed by atoms with E-state index in [0.29, 0.717) is 32.7 Å². The van der Waals surface area contributed by atoms with Crippen LogP contribution >= 0.6 is 11.6 Å². The first-order chi connectivity index (χ1) is 6.25. The highest BCUT2D eigenvalue weighted by Gasteiger charge is 2.27. The van der Waals surface area contributed by atoms with Gasteiger partial charge in [0.15, 0.2) is 0 Å². The zero-order valence-electron chi connectivity index (χ0n) is 7.39. The van der Waals surface area contributed by atoms with Crippen molar-refractivity contribution in [1.29, 1.82) is 0 Å². The molecule has 2 nitrogen and oxygen atoms in total. The van der Waals surface area contributed by atoms with Gasteiger partial charge < -0.3 is 4.74 Å². The predicted octanol–water partition coefficient (Wildman–Crippen LogP) is 1.58. The summed E-state index contributed by atoms with van der Waals surface area (Å²) in [5.74, 6) is 0.284. The lowest BCUT2D eigenvalue weighted by atomic mass is 10.2. The molecule has 0 bridgehead atoms. The van der Waals surface area contributed by atoms with E-state index in [1.165, 1.54) is 0 Å². The lowest BCUT2D eigenvalue weighted by molar-refractivity contribution is -0.0341. The Morgan fingerprint density at radius 2 is 1.92 bits per heavy atom. The zero-order valence-corrected chi connectivity index (χ0v) is 8.14. The van der Waals surface area contributed by atoms with Gasteiger partial charge in [0.2, 0.25) is 0 Å². The summed E-state index contributed by atoms with van der Waals surface area (Å²) in [7, 11) is 0. The Morgan fingerprint density at radius 1 is 1.31 bits per heavy atom.